The molecule has 0 atom stereocenters. The zero-order valence-corrected chi connectivity index (χ0v) is 18.6. The molecule has 0 bridgehead atoms. The van der Waals surface area contributed by atoms with Crippen LogP contribution in [-0.4, -0.2) is 35.4 Å². The van der Waals surface area contributed by atoms with Gasteiger partial charge in [0.15, 0.2) is 0 Å². The zero-order chi connectivity index (χ0) is 21.8. The standard InChI is InChI=1S/C26H29N3O2/c1-18(2)21-7-9-22(10-8-21)26-28-23-15-20(14-19-6-5-11-27-17-19)16-24(31-4)25(23)29(26)12-13-30-3/h5-11,15-18H,12-14H2,1-4H3. The van der Waals surface area contributed by atoms with Gasteiger partial charge >= 0.3 is 0 Å². The summed E-state index contributed by atoms with van der Waals surface area (Å²) in [5.74, 6) is 2.25. The van der Waals surface area contributed by atoms with E-state index in [0.29, 0.717) is 19.1 Å². The maximum absolute atomic E-state index is 5.81. The number of nitrogens with zero attached hydrogens (tertiary/aromatic N) is 3. The predicted molar refractivity (Wildman–Crippen MR) is 125 cm³/mol. The third-order valence-corrected chi connectivity index (χ3v) is 5.57. The van der Waals surface area contributed by atoms with Crippen molar-refractivity contribution in [1.29, 1.82) is 0 Å². The average molecular weight is 416 g/mol. The van der Waals surface area contributed by atoms with E-state index in [4.69, 9.17) is 14.5 Å². The van der Waals surface area contributed by atoms with Gasteiger partial charge in [0.1, 0.15) is 17.1 Å². The highest BCUT2D eigenvalue weighted by Crippen LogP contribution is 2.33. The van der Waals surface area contributed by atoms with Crippen LogP contribution in [0.25, 0.3) is 22.4 Å². The van der Waals surface area contributed by atoms with Crippen LogP contribution < -0.4 is 4.74 Å². The number of ether oxygens (including phenoxy) is 2. The SMILES string of the molecule is COCCn1c(-c2ccc(C(C)C)cc2)nc2cc(Cc3cccnc3)cc(OC)c21. The molecule has 2 aromatic heterocycles. The molecule has 0 amide bonds. The summed E-state index contributed by atoms with van der Waals surface area (Å²) in [7, 11) is 3.44. The topological polar surface area (TPSA) is 49.2 Å². The van der Waals surface area contributed by atoms with Gasteiger partial charge in [-0.15, -0.1) is 0 Å². The number of hydrogen-bond donors (Lipinski definition) is 0. The summed E-state index contributed by atoms with van der Waals surface area (Å²) in [5.41, 5.74) is 6.64. The van der Waals surface area contributed by atoms with E-state index < -0.39 is 0 Å². The van der Waals surface area contributed by atoms with E-state index in [9.17, 15) is 0 Å². The molecule has 0 fully saturated rings. The summed E-state index contributed by atoms with van der Waals surface area (Å²) < 4.78 is 13.4. The number of hydrogen-bond acceptors (Lipinski definition) is 4. The molecule has 0 saturated heterocycles. The molecule has 2 aromatic carbocycles. The number of pyridine rings is 1. The normalized spacial score (nSPS) is 11.4. The van der Waals surface area contributed by atoms with Crippen LogP contribution in [-0.2, 0) is 17.7 Å². The van der Waals surface area contributed by atoms with Crippen LogP contribution in [0.5, 0.6) is 5.75 Å². The van der Waals surface area contributed by atoms with Gasteiger partial charge in [0.25, 0.3) is 0 Å². The van der Waals surface area contributed by atoms with Gasteiger partial charge < -0.3 is 14.0 Å². The lowest BCUT2D eigenvalue weighted by atomic mass is 10.0. The average Bonchev–Trinajstić information content (AvgIpc) is 3.16. The molecule has 4 aromatic rings. The van der Waals surface area contributed by atoms with Crippen LogP contribution in [0.15, 0.2) is 60.9 Å². The monoisotopic (exact) mass is 415 g/mol. The van der Waals surface area contributed by atoms with Crippen LogP contribution in [0.2, 0.25) is 0 Å². The molecular weight excluding hydrogens is 386 g/mol. The van der Waals surface area contributed by atoms with Gasteiger partial charge in [0.05, 0.1) is 19.2 Å². The van der Waals surface area contributed by atoms with Crippen molar-refractivity contribution < 1.29 is 9.47 Å². The summed E-state index contributed by atoms with van der Waals surface area (Å²) in [5, 5.41) is 0. The van der Waals surface area contributed by atoms with Crippen LogP contribution in [0.4, 0.5) is 0 Å². The van der Waals surface area contributed by atoms with E-state index in [2.05, 4.69) is 65.9 Å². The van der Waals surface area contributed by atoms with Crippen LogP contribution in [0.3, 0.4) is 0 Å². The number of methoxy groups -OCH3 is 2. The molecule has 0 N–H and O–H groups in total. The summed E-state index contributed by atoms with van der Waals surface area (Å²) in [6, 6.07) is 17.0. The predicted octanol–water partition coefficient (Wildman–Crippen LogP) is 5.47. The van der Waals surface area contributed by atoms with Gasteiger partial charge in [-0.05, 0) is 47.2 Å². The molecule has 2 heterocycles. The van der Waals surface area contributed by atoms with Crippen molar-refractivity contribution in [2.24, 2.45) is 0 Å². The Balaban J connectivity index is 1.83. The second-order valence-electron chi connectivity index (χ2n) is 8.06. The Morgan fingerprint density at radius 2 is 1.81 bits per heavy atom. The Morgan fingerprint density at radius 3 is 2.45 bits per heavy atom. The lowest BCUT2D eigenvalue weighted by Gasteiger charge is -2.13. The maximum Gasteiger partial charge on any atom is 0.145 e. The molecule has 0 aliphatic carbocycles. The minimum atomic E-state index is 0.497. The Morgan fingerprint density at radius 1 is 1.00 bits per heavy atom. The van der Waals surface area contributed by atoms with Crippen LogP contribution in [0, 0.1) is 0 Å². The van der Waals surface area contributed by atoms with Gasteiger partial charge in [0, 0.05) is 31.6 Å². The highest BCUT2D eigenvalue weighted by atomic mass is 16.5. The Bertz CT molecular complexity index is 1150. The Labute approximate surface area is 183 Å². The van der Waals surface area contributed by atoms with Crippen molar-refractivity contribution in [2.45, 2.75) is 32.7 Å². The highest BCUT2D eigenvalue weighted by Gasteiger charge is 2.18. The third kappa shape index (κ3) is 4.47. The first kappa shape index (κ1) is 21.1. The number of imidazole rings is 1. The minimum absolute atomic E-state index is 0.497. The lowest BCUT2D eigenvalue weighted by Crippen LogP contribution is -2.07. The molecule has 5 heteroatoms. The molecule has 0 radical (unpaired) electrons. The largest absolute Gasteiger partial charge is 0.494 e. The molecule has 0 spiro atoms. The molecule has 0 aliphatic rings. The van der Waals surface area contributed by atoms with Gasteiger partial charge in [-0.3, -0.25) is 4.98 Å². The number of rotatable bonds is 8. The Kier molecular flexibility index (Phi) is 6.33. The van der Waals surface area contributed by atoms with E-state index in [1.165, 1.54) is 5.56 Å². The van der Waals surface area contributed by atoms with E-state index in [1.807, 2.05) is 12.3 Å². The molecule has 0 saturated carbocycles. The van der Waals surface area contributed by atoms with E-state index in [-0.39, 0.29) is 0 Å². The fourth-order valence-corrected chi connectivity index (χ4v) is 3.92. The molecule has 160 valence electrons. The summed E-state index contributed by atoms with van der Waals surface area (Å²) in [6.07, 6.45) is 4.47. The minimum Gasteiger partial charge on any atom is -0.494 e. The molecule has 5 nitrogen and oxygen atoms in total. The number of aromatic nitrogens is 3. The van der Waals surface area contributed by atoms with E-state index in [0.717, 1.165) is 45.7 Å². The van der Waals surface area contributed by atoms with Gasteiger partial charge in [-0.2, -0.15) is 0 Å². The van der Waals surface area contributed by atoms with Crippen LogP contribution >= 0.6 is 0 Å². The van der Waals surface area contributed by atoms with E-state index >= 15 is 0 Å². The van der Waals surface area contributed by atoms with Crippen molar-refractivity contribution in [3.8, 4) is 17.1 Å². The fraction of sp³-hybridized carbons (Fsp3) is 0.308. The van der Waals surface area contributed by atoms with E-state index in [1.54, 1.807) is 20.4 Å². The van der Waals surface area contributed by atoms with Gasteiger partial charge in [0.2, 0.25) is 0 Å². The Hall–Kier alpha value is -3.18. The lowest BCUT2D eigenvalue weighted by molar-refractivity contribution is 0.188. The van der Waals surface area contributed by atoms with Crippen molar-refractivity contribution in [2.75, 3.05) is 20.8 Å². The summed E-state index contributed by atoms with van der Waals surface area (Å²) in [6.45, 7) is 5.71. The first-order chi connectivity index (χ1) is 15.1. The zero-order valence-electron chi connectivity index (χ0n) is 18.6. The third-order valence-electron chi connectivity index (χ3n) is 5.57. The fourth-order valence-electron chi connectivity index (χ4n) is 3.92. The molecule has 0 unspecified atom stereocenters. The molecule has 0 aliphatic heterocycles. The van der Waals surface area contributed by atoms with Crippen LogP contribution in [0.1, 0.15) is 36.5 Å². The summed E-state index contributed by atoms with van der Waals surface area (Å²) in [4.78, 5) is 9.26. The maximum atomic E-state index is 5.81. The van der Waals surface area contributed by atoms with Crippen molar-refractivity contribution >= 4 is 11.0 Å². The quantitative estimate of drug-likeness (QED) is 0.383. The first-order valence-electron chi connectivity index (χ1n) is 10.7. The smallest absolute Gasteiger partial charge is 0.145 e. The molecular formula is C26H29N3O2. The highest BCUT2D eigenvalue weighted by molar-refractivity contribution is 5.87. The van der Waals surface area contributed by atoms with Crippen molar-refractivity contribution in [3.63, 3.8) is 0 Å². The van der Waals surface area contributed by atoms with Crippen molar-refractivity contribution in [3.05, 3.63) is 77.6 Å². The molecule has 4 rings (SSSR count). The van der Waals surface area contributed by atoms with Gasteiger partial charge in [-0.1, -0.05) is 44.2 Å². The summed E-state index contributed by atoms with van der Waals surface area (Å²) >= 11 is 0. The second kappa shape index (κ2) is 9.31. The second-order valence-corrected chi connectivity index (χ2v) is 8.06. The first-order valence-corrected chi connectivity index (χ1v) is 10.7. The number of benzene rings is 2. The molecule has 31 heavy (non-hydrogen) atoms. The van der Waals surface area contributed by atoms with Gasteiger partial charge in [-0.25, -0.2) is 4.98 Å². The number of fused-ring (bicyclic) bond motifs is 1. The van der Waals surface area contributed by atoms with Crippen molar-refractivity contribution in [1.82, 2.24) is 14.5 Å².